The molecule has 1 aromatic rings. The maximum Gasteiger partial charge on any atom is 0.0640 e. The quantitative estimate of drug-likeness (QED) is 0.890. The van der Waals surface area contributed by atoms with E-state index in [1.165, 1.54) is 57.1 Å². The van der Waals surface area contributed by atoms with Crippen LogP contribution in [0.2, 0.25) is 0 Å². The average molecular weight is 275 g/mol. The number of nitrogens with zero attached hydrogens (tertiary/aromatic N) is 2. The highest BCUT2D eigenvalue weighted by atomic mass is 15.3. The average Bonchev–Trinajstić information content (AvgIpc) is 3.19. The molecule has 0 bridgehead atoms. The van der Waals surface area contributed by atoms with Crippen molar-refractivity contribution in [3.05, 3.63) is 18.0 Å². The molecule has 2 saturated carbocycles. The molecule has 2 aliphatic carbocycles. The first kappa shape index (κ1) is 14.1. The van der Waals surface area contributed by atoms with Gasteiger partial charge >= 0.3 is 0 Å². The van der Waals surface area contributed by atoms with Crippen molar-refractivity contribution in [3.8, 4) is 0 Å². The molecule has 1 aromatic heterocycles. The molecule has 3 nitrogen and oxygen atoms in total. The van der Waals surface area contributed by atoms with Crippen LogP contribution in [-0.2, 0) is 6.42 Å². The number of rotatable bonds is 5. The van der Waals surface area contributed by atoms with E-state index in [1.54, 1.807) is 0 Å². The van der Waals surface area contributed by atoms with Crippen LogP contribution >= 0.6 is 0 Å². The Labute approximate surface area is 122 Å². The van der Waals surface area contributed by atoms with Gasteiger partial charge in [0.2, 0.25) is 0 Å². The van der Waals surface area contributed by atoms with Crippen LogP contribution in [0.4, 0.5) is 0 Å². The Morgan fingerprint density at radius 3 is 2.80 bits per heavy atom. The number of aromatic nitrogens is 2. The van der Waals surface area contributed by atoms with E-state index < -0.39 is 0 Å². The SMILES string of the molecule is CCC1CCC(C(N)Cc2ccn(C3CCCC3)n2)C1. The molecule has 2 N–H and O–H groups in total. The fourth-order valence-corrected chi connectivity index (χ4v) is 4.14. The van der Waals surface area contributed by atoms with Crippen molar-refractivity contribution in [3.63, 3.8) is 0 Å². The van der Waals surface area contributed by atoms with Gasteiger partial charge in [-0.1, -0.05) is 32.6 Å². The number of hydrogen-bond acceptors (Lipinski definition) is 2. The van der Waals surface area contributed by atoms with Crippen molar-refractivity contribution >= 4 is 0 Å². The highest BCUT2D eigenvalue weighted by Crippen LogP contribution is 2.35. The van der Waals surface area contributed by atoms with Crippen LogP contribution in [0.25, 0.3) is 0 Å². The van der Waals surface area contributed by atoms with Gasteiger partial charge in [-0.3, -0.25) is 4.68 Å². The van der Waals surface area contributed by atoms with Crippen LogP contribution in [0.3, 0.4) is 0 Å². The molecule has 0 radical (unpaired) electrons. The zero-order valence-corrected chi connectivity index (χ0v) is 12.8. The minimum atomic E-state index is 0.304. The summed E-state index contributed by atoms with van der Waals surface area (Å²) in [6.45, 7) is 2.31. The first-order valence-corrected chi connectivity index (χ1v) is 8.56. The Hall–Kier alpha value is -0.830. The van der Waals surface area contributed by atoms with Crippen LogP contribution in [0, 0.1) is 11.8 Å². The Balaban J connectivity index is 1.55. The highest BCUT2D eigenvalue weighted by molar-refractivity contribution is 5.03. The van der Waals surface area contributed by atoms with E-state index in [-0.39, 0.29) is 0 Å². The third-order valence-corrected chi connectivity index (χ3v) is 5.57. The molecule has 0 saturated heterocycles. The summed E-state index contributed by atoms with van der Waals surface area (Å²) in [4.78, 5) is 0. The van der Waals surface area contributed by atoms with Crippen LogP contribution in [0.15, 0.2) is 12.3 Å². The topological polar surface area (TPSA) is 43.8 Å². The van der Waals surface area contributed by atoms with Gasteiger partial charge in [-0.2, -0.15) is 5.10 Å². The molecule has 0 aromatic carbocycles. The molecule has 3 atom stereocenters. The summed E-state index contributed by atoms with van der Waals surface area (Å²) in [5.41, 5.74) is 7.64. The maximum absolute atomic E-state index is 6.44. The van der Waals surface area contributed by atoms with Crippen molar-refractivity contribution in [2.24, 2.45) is 17.6 Å². The molecule has 2 aliphatic rings. The monoisotopic (exact) mass is 275 g/mol. The van der Waals surface area contributed by atoms with Gasteiger partial charge in [0.15, 0.2) is 0 Å². The molecule has 1 heterocycles. The van der Waals surface area contributed by atoms with E-state index in [2.05, 4.69) is 23.9 Å². The second kappa shape index (κ2) is 6.30. The summed E-state index contributed by atoms with van der Waals surface area (Å²) in [6, 6.07) is 3.14. The predicted octanol–water partition coefficient (Wildman–Crippen LogP) is 3.69. The van der Waals surface area contributed by atoms with Gasteiger partial charge in [0.1, 0.15) is 0 Å². The van der Waals surface area contributed by atoms with E-state index >= 15 is 0 Å². The lowest BCUT2D eigenvalue weighted by atomic mass is 9.93. The predicted molar refractivity (Wildman–Crippen MR) is 82.5 cm³/mol. The van der Waals surface area contributed by atoms with Crippen molar-refractivity contribution in [1.82, 2.24) is 9.78 Å². The normalized spacial score (nSPS) is 29.1. The van der Waals surface area contributed by atoms with Gasteiger partial charge in [-0.25, -0.2) is 0 Å². The molecule has 112 valence electrons. The van der Waals surface area contributed by atoms with Gasteiger partial charge < -0.3 is 5.73 Å². The Kier molecular flexibility index (Phi) is 4.45. The molecule has 20 heavy (non-hydrogen) atoms. The Bertz CT molecular complexity index is 420. The fourth-order valence-electron chi connectivity index (χ4n) is 4.14. The Morgan fingerprint density at radius 1 is 1.30 bits per heavy atom. The molecule has 0 spiro atoms. The van der Waals surface area contributed by atoms with Crippen LogP contribution < -0.4 is 5.73 Å². The summed E-state index contributed by atoms with van der Waals surface area (Å²) >= 11 is 0. The van der Waals surface area contributed by atoms with Crippen LogP contribution in [-0.4, -0.2) is 15.8 Å². The largest absolute Gasteiger partial charge is 0.327 e. The minimum Gasteiger partial charge on any atom is -0.327 e. The molecule has 2 fully saturated rings. The van der Waals surface area contributed by atoms with Crippen molar-refractivity contribution < 1.29 is 0 Å². The first-order chi connectivity index (χ1) is 9.76. The first-order valence-electron chi connectivity index (χ1n) is 8.56. The van der Waals surface area contributed by atoms with Crippen LogP contribution in [0.1, 0.15) is 70.0 Å². The van der Waals surface area contributed by atoms with E-state index in [0.29, 0.717) is 12.1 Å². The fraction of sp³-hybridized carbons (Fsp3) is 0.824. The maximum atomic E-state index is 6.44. The zero-order chi connectivity index (χ0) is 13.9. The second-order valence-corrected chi connectivity index (χ2v) is 6.94. The van der Waals surface area contributed by atoms with Gasteiger partial charge in [0.25, 0.3) is 0 Å². The summed E-state index contributed by atoms with van der Waals surface area (Å²) in [6.07, 6.45) is 13.8. The minimum absolute atomic E-state index is 0.304. The van der Waals surface area contributed by atoms with Crippen LogP contribution in [0.5, 0.6) is 0 Å². The lowest BCUT2D eigenvalue weighted by molar-refractivity contribution is 0.398. The van der Waals surface area contributed by atoms with Crippen molar-refractivity contribution in [2.45, 2.75) is 76.8 Å². The lowest BCUT2D eigenvalue weighted by Gasteiger charge is -2.18. The van der Waals surface area contributed by atoms with Gasteiger partial charge in [0.05, 0.1) is 11.7 Å². The van der Waals surface area contributed by atoms with E-state index in [4.69, 9.17) is 10.8 Å². The van der Waals surface area contributed by atoms with Gasteiger partial charge in [-0.15, -0.1) is 0 Å². The van der Waals surface area contributed by atoms with E-state index in [0.717, 1.165) is 18.3 Å². The zero-order valence-electron chi connectivity index (χ0n) is 12.8. The van der Waals surface area contributed by atoms with Gasteiger partial charge in [-0.05, 0) is 43.6 Å². The van der Waals surface area contributed by atoms with E-state index in [9.17, 15) is 0 Å². The summed E-state index contributed by atoms with van der Waals surface area (Å²) in [5, 5.41) is 4.78. The molecular weight excluding hydrogens is 246 g/mol. The van der Waals surface area contributed by atoms with E-state index in [1.807, 2.05) is 0 Å². The summed E-state index contributed by atoms with van der Waals surface area (Å²) in [5.74, 6) is 1.64. The molecule has 3 rings (SSSR count). The summed E-state index contributed by atoms with van der Waals surface area (Å²) in [7, 11) is 0. The third kappa shape index (κ3) is 3.08. The highest BCUT2D eigenvalue weighted by Gasteiger charge is 2.28. The number of nitrogens with two attached hydrogens (primary N) is 1. The van der Waals surface area contributed by atoms with Crippen molar-refractivity contribution in [1.29, 1.82) is 0 Å². The second-order valence-electron chi connectivity index (χ2n) is 6.94. The van der Waals surface area contributed by atoms with Crippen molar-refractivity contribution in [2.75, 3.05) is 0 Å². The van der Waals surface area contributed by atoms with Gasteiger partial charge in [0, 0.05) is 18.7 Å². The molecule has 3 unspecified atom stereocenters. The standard InChI is InChI=1S/C17H29N3/c1-2-13-7-8-14(11-13)17(18)12-15-9-10-20(19-15)16-5-3-4-6-16/h9-10,13-14,16-17H,2-8,11-12,18H2,1H3. The lowest BCUT2D eigenvalue weighted by Crippen LogP contribution is -2.31. The molecule has 0 amide bonds. The third-order valence-electron chi connectivity index (χ3n) is 5.57. The molecule has 0 aliphatic heterocycles. The molecule has 3 heteroatoms. The number of hydrogen-bond donors (Lipinski definition) is 1. The Morgan fingerprint density at radius 2 is 2.10 bits per heavy atom. The summed E-state index contributed by atoms with van der Waals surface area (Å²) < 4.78 is 2.19. The smallest absolute Gasteiger partial charge is 0.0640 e. The molecular formula is C17H29N3.